The maximum atomic E-state index is 12.1. The molecule has 0 radical (unpaired) electrons. The van der Waals surface area contributed by atoms with Crippen LogP contribution >= 0.6 is 11.6 Å². The van der Waals surface area contributed by atoms with Crippen molar-refractivity contribution in [3.8, 4) is 0 Å². The Morgan fingerprint density at radius 1 is 1.35 bits per heavy atom. The van der Waals surface area contributed by atoms with Gasteiger partial charge in [0.15, 0.2) is 0 Å². The molecule has 0 saturated heterocycles. The molecular formula is C12H9ClN4O3. The Kier molecular flexibility index (Phi) is 3.90. The van der Waals surface area contributed by atoms with Gasteiger partial charge in [0.2, 0.25) is 0 Å². The molecule has 7 nitrogen and oxygen atoms in total. The maximum Gasteiger partial charge on any atom is 0.300 e. The normalized spacial score (nSPS) is 10.1. The minimum Gasteiger partial charge on any atom is -0.320 e. The average Bonchev–Trinajstić information content (AvgIpc) is 2.38. The molecule has 1 N–H and O–H groups in total. The Bertz CT molecular complexity index is 690. The molecule has 0 aliphatic heterocycles. The van der Waals surface area contributed by atoms with Crippen LogP contribution in [0.3, 0.4) is 0 Å². The lowest BCUT2D eigenvalue weighted by Crippen LogP contribution is -2.14. The number of pyridine rings is 2. The van der Waals surface area contributed by atoms with Crippen molar-refractivity contribution in [1.29, 1.82) is 0 Å². The second kappa shape index (κ2) is 5.62. The molecule has 0 aliphatic carbocycles. The number of nitrogens with zero attached hydrogens (tertiary/aromatic N) is 3. The molecule has 0 fully saturated rings. The zero-order valence-corrected chi connectivity index (χ0v) is 11.1. The number of anilines is 1. The topological polar surface area (TPSA) is 98.0 Å². The smallest absolute Gasteiger partial charge is 0.300 e. The molecule has 2 aromatic heterocycles. The average molecular weight is 293 g/mol. The molecule has 2 rings (SSSR count). The van der Waals surface area contributed by atoms with Gasteiger partial charge in [0.1, 0.15) is 16.9 Å². The van der Waals surface area contributed by atoms with E-state index in [1.807, 2.05) is 6.92 Å². The number of aromatic nitrogens is 2. The predicted octanol–water partition coefficient (Wildman–Crippen LogP) is 2.60. The summed E-state index contributed by atoms with van der Waals surface area (Å²) in [7, 11) is 0. The van der Waals surface area contributed by atoms with E-state index in [-0.39, 0.29) is 10.7 Å². The first-order chi connectivity index (χ1) is 9.47. The minimum absolute atomic E-state index is 0.00289. The van der Waals surface area contributed by atoms with Crippen LogP contribution in [-0.4, -0.2) is 20.8 Å². The first-order valence-corrected chi connectivity index (χ1v) is 5.88. The SMILES string of the molecule is Cc1cncc(NC(=O)c2cc(Cl)ncc2[N+](=O)[O-])c1. The summed E-state index contributed by atoms with van der Waals surface area (Å²) in [5.41, 5.74) is 0.728. The van der Waals surface area contributed by atoms with E-state index >= 15 is 0 Å². The van der Waals surface area contributed by atoms with Gasteiger partial charge in [-0.2, -0.15) is 0 Å². The third-order valence-electron chi connectivity index (χ3n) is 2.42. The summed E-state index contributed by atoms with van der Waals surface area (Å²) >= 11 is 5.67. The number of hydrogen-bond donors (Lipinski definition) is 1. The van der Waals surface area contributed by atoms with Crippen LogP contribution in [0.4, 0.5) is 11.4 Å². The molecule has 8 heteroatoms. The lowest BCUT2D eigenvalue weighted by atomic mass is 10.2. The van der Waals surface area contributed by atoms with E-state index < -0.39 is 16.5 Å². The van der Waals surface area contributed by atoms with Gasteiger partial charge in [0.25, 0.3) is 11.6 Å². The van der Waals surface area contributed by atoms with E-state index in [9.17, 15) is 14.9 Å². The number of carbonyl (C=O) groups excluding carboxylic acids is 1. The summed E-state index contributed by atoms with van der Waals surface area (Å²) in [6, 6.07) is 2.85. The summed E-state index contributed by atoms with van der Waals surface area (Å²) in [5, 5.41) is 13.4. The number of carbonyl (C=O) groups is 1. The fourth-order valence-electron chi connectivity index (χ4n) is 1.57. The quantitative estimate of drug-likeness (QED) is 0.532. The maximum absolute atomic E-state index is 12.1. The summed E-state index contributed by atoms with van der Waals surface area (Å²) in [6.07, 6.45) is 4.02. The number of aryl methyl sites for hydroxylation is 1. The zero-order chi connectivity index (χ0) is 14.7. The van der Waals surface area contributed by atoms with E-state index in [0.717, 1.165) is 17.8 Å². The monoisotopic (exact) mass is 292 g/mol. The van der Waals surface area contributed by atoms with Gasteiger partial charge in [-0.25, -0.2) is 4.98 Å². The molecule has 0 unspecified atom stereocenters. The third kappa shape index (κ3) is 3.07. The van der Waals surface area contributed by atoms with Crippen molar-refractivity contribution in [2.75, 3.05) is 5.32 Å². The van der Waals surface area contributed by atoms with E-state index in [1.54, 1.807) is 12.3 Å². The standard InChI is InChI=1S/C12H9ClN4O3/c1-7-2-8(5-14-4-7)16-12(18)9-3-11(13)15-6-10(9)17(19)20/h2-6H,1H3,(H,16,18). The van der Waals surface area contributed by atoms with Gasteiger partial charge in [-0.05, 0) is 24.6 Å². The highest BCUT2D eigenvalue weighted by Crippen LogP contribution is 2.21. The molecular weight excluding hydrogens is 284 g/mol. The second-order valence-electron chi connectivity index (χ2n) is 3.99. The zero-order valence-electron chi connectivity index (χ0n) is 10.3. The van der Waals surface area contributed by atoms with E-state index in [4.69, 9.17) is 11.6 Å². The lowest BCUT2D eigenvalue weighted by molar-refractivity contribution is -0.385. The predicted molar refractivity (Wildman–Crippen MR) is 72.8 cm³/mol. The Morgan fingerprint density at radius 3 is 2.75 bits per heavy atom. The molecule has 0 aromatic carbocycles. The molecule has 0 saturated carbocycles. The number of halogens is 1. The first kappa shape index (κ1) is 13.9. The number of nitro groups is 1. The van der Waals surface area contributed by atoms with Crippen molar-refractivity contribution < 1.29 is 9.72 Å². The van der Waals surface area contributed by atoms with Crippen LogP contribution in [0.25, 0.3) is 0 Å². The molecule has 0 atom stereocenters. The van der Waals surface area contributed by atoms with E-state index in [0.29, 0.717) is 5.69 Å². The Labute approximate surface area is 118 Å². The molecule has 0 aliphatic rings. The van der Waals surface area contributed by atoms with E-state index in [1.165, 1.54) is 6.20 Å². The molecule has 102 valence electrons. The van der Waals surface area contributed by atoms with Crippen molar-refractivity contribution in [3.63, 3.8) is 0 Å². The Hall–Kier alpha value is -2.54. The molecule has 2 aromatic rings. The summed E-state index contributed by atoms with van der Waals surface area (Å²) < 4.78 is 0. The number of rotatable bonds is 3. The first-order valence-electron chi connectivity index (χ1n) is 5.50. The summed E-state index contributed by atoms with van der Waals surface area (Å²) in [4.78, 5) is 29.8. The van der Waals surface area contributed by atoms with Crippen molar-refractivity contribution in [2.24, 2.45) is 0 Å². The van der Waals surface area contributed by atoms with Crippen molar-refractivity contribution >= 4 is 28.9 Å². The Morgan fingerprint density at radius 2 is 2.10 bits per heavy atom. The van der Waals surface area contributed by atoms with Crippen LogP contribution in [0, 0.1) is 17.0 Å². The van der Waals surface area contributed by atoms with Crippen LogP contribution in [-0.2, 0) is 0 Å². The van der Waals surface area contributed by atoms with E-state index in [2.05, 4.69) is 15.3 Å². The van der Waals surface area contributed by atoms with Gasteiger partial charge < -0.3 is 5.32 Å². The molecule has 1 amide bonds. The minimum atomic E-state index is -0.688. The van der Waals surface area contributed by atoms with Gasteiger partial charge in [0.05, 0.1) is 16.8 Å². The van der Waals surface area contributed by atoms with Gasteiger partial charge in [0, 0.05) is 6.20 Å². The highest BCUT2D eigenvalue weighted by Gasteiger charge is 2.21. The molecule has 0 bridgehead atoms. The Balaban J connectivity index is 2.34. The number of nitrogens with one attached hydrogen (secondary N) is 1. The fourth-order valence-corrected chi connectivity index (χ4v) is 1.73. The highest BCUT2D eigenvalue weighted by molar-refractivity contribution is 6.30. The molecule has 2 heterocycles. The summed E-state index contributed by atoms with van der Waals surface area (Å²) in [5.74, 6) is -0.645. The number of hydrogen-bond acceptors (Lipinski definition) is 5. The van der Waals surface area contributed by atoms with Gasteiger partial charge >= 0.3 is 0 Å². The van der Waals surface area contributed by atoms with Crippen LogP contribution in [0.15, 0.2) is 30.7 Å². The van der Waals surface area contributed by atoms with Gasteiger partial charge in [-0.15, -0.1) is 0 Å². The van der Waals surface area contributed by atoms with Crippen molar-refractivity contribution in [3.05, 3.63) is 57.1 Å². The molecule has 20 heavy (non-hydrogen) atoms. The van der Waals surface area contributed by atoms with Crippen LogP contribution < -0.4 is 5.32 Å². The van der Waals surface area contributed by atoms with Gasteiger partial charge in [-0.3, -0.25) is 19.9 Å². The molecule has 0 spiro atoms. The second-order valence-corrected chi connectivity index (χ2v) is 4.37. The van der Waals surface area contributed by atoms with Crippen molar-refractivity contribution in [2.45, 2.75) is 6.92 Å². The van der Waals surface area contributed by atoms with Gasteiger partial charge in [-0.1, -0.05) is 11.6 Å². The number of amides is 1. The van der Waals surface area contributed by atoms with Crippen molar-refractivity contribution in [1.82, 2.24) is 9.97 Å². The third-order valence-corrected chi connectivity index (χ3v) is 2.63. The lowest BCUT2D eigenvalue weighted by Gasteiger charge is -2.06. The van der Waals surface area contributed by atoms with Crippen LogP contribution in [0.1, 0.15) is 15.9 Å². The summed E-state index contributed by atoms with van der Waals surface area (Å²) in [6.45, 7) is 1.81. The fraction of sp³-hybridized carbons (Fsp3) is 0.0833. The largest absolute Gasteiger partial charge is 0.320 e. The van der Waals surface area contributed by atoms with Crippen LogP contribution in [0.2, 0.25) is 5.15 Å². The highest BCUT2D eigenvalue weighted by atomic mass is 35.5. The van der Waals surface area contributed by atoms with Crippen LogP contribution in [0.5, 0.6) is 0 Å².